The van der Waals surface area contributed by atoms with E-state index in [9.17, 15) is 9.90 Å². The first kappa shape index (κ1) is 10.5. The fourth-order valence-corrected chi connectivity index (χ4v) is 1.82. The molecule has 0 amide bonds. The van der Waals surface area contributed by atoms with Gasteiger partial charge in [0.15, 0.2) is 0 Å². The van der Waals surface area contributed by atoms with E-state index in [0.717, 1.165) is 10.8 Å². The van der Waals surface area contributed by atoms with Crippen molar-refractivity contribution in [3.63, 3.8) is 0 Å². The fourth-order valence-electron chi connectivity index (χ4n) is 1.82. The van der Waals surface area contributed by atoms with E-state index in [1.165, 1.54) is 0 Å². The van der Waals surface area contributed by atoms with Crippen molar-refractivity contribution in [2.75, 3.05) is 0 Å². The van der Waals surface area contributed by atoms with Gasteiger partial charge in [0.1, 0.15) is 5.75 Å². The molecule has 3 heteroatoms. The average Bonchev–Trinajstić information content (AvgIpc) is 2.27. The molecule has 0 bridgehead atoms. The highest BCUT2D eigenvalue weighted by Gasteiger charge is 2.08. The average molecular weight is 216 g/mol. The number of benzene rings is 2. The lowest BCUT2D eigenvalue weighted by molar-refractivity contribution is -0.136. The number of aromatic hydroxyl groups is 1. The molecule has 2 aromatic rings. The van der Waals surface area contributed by atoms with Crippen LogP contribution in [0.1, 0.15) is 12.0 Å². The van der Waals surface area contributed by atoms with E-state index >= 15 is 0 Å². The van der Waals surface area contributed by atoms with Crippen LogP contribution in [0.3, 0.4) is 0 Å². The van der Waals surface area contributed by atoms with Crippen LogP contribution < -0.4 is 0 Å². The molecule has 2 aromatic carbocycles. The predicted octanol–water partition coefficient (Wildman–Crippen LogP) is 2.56. The van der Waals surface area contributed by atoms with Gasteiger partial charge in [0.05, 0.1) is 0 Å². The second kappa shape index (κ2) is 4.23. The minimum absolute atomic E-state index is 0.0293. The van der Waals surface area contributed by atoms with Crippen LogP contribution in [0.2, 0.25) is 0 Å². The second-order valence-electron chi connectivity index (χ2n) is 3.68. The number of fused-ring (bicyclic) bond motifs is 1. The molecular formula is C13H12O3. The topological polar surface area (TPSA) is 57.5 Å². The SMILES string of the molecule is O=C(O)CCc1c(O)ccc2ccccc12. The summed E-state index contributed by atoms with van der Waals surface area (Å²) in [5, 5.41) is 20.3. The normalized spacial score (nSPS) is 10.5. The van der Waals surface area contributed by atoms with Gasteiger partial charge in [0.2, 0.25) is 0 Å². The minimum atomic E-state index is -0.854. The molecule has 16 heavy (non-hydrogen) atoms. The quantitative estimate of drug-likeness (QED) is 0.829. The summed E-state index contributed by atoms with van der Waals surface area (Å²) in [6.07, 6.45) is 0.379. The van der Waals surface area contributed by atoms with E-state index in [1.54, 1.807) is 6.07 Å². The van der Waals surface area contributed by atoms with Crippen molar-refractivity contribution in [3.05, 3.63) is 42.0 Å². The highest BCUT2D eigenvalue weighted by Crippen LogP contribution is 2.28. The number of aryl methyl sites for hydroxylation is 1. The number of hydrogen-bond acceptors (Lipinski definition) is 2. The molecule has 0 unspecified atom stereocenters. The molecule has 0 aromatic heterocycles. The summed E-state index contributed by atoms with van der Waals surface area (Å²) in [4.78, 5) is 10.5. The van der Waals surface area contributed by atoms with Crippen molar-refractivity contribution < 1.29 is 15.0 Å². The molecular weight excluding hydrogens is 204 g/mol. The van der Waals surface area contributed by atoms with Gasteiger partial charge in [-0.2, -0.15) is 0 Å². The fraction of sp³-hybridized carbons (Fsp3) is 0.154. The number of phenols is 1. The van der Waals surface area contributed by atoms with Crippen LogP contribution in [0, 0.1) is 0 Å². The first-order valence-corrected chi connectivity index (χ1v) is 5.10. The molecule has 0 heterocycles. The first-order chi connectivity index (χ1) is 7.68. The number of carboxylic acids is 1. The Morgan fingerprint density at radius 3 is 2.62 bits per heavy atom. The van der Waals surface area contributed by atoms with E-state index in [4.69, 9.17) is 5.11 Å². The molecule has 2 N–H and O–H groups in total. The van der Waals surface area contributed by atoms with Gasteiger partial charge in [0, 0.05) is 12.0 Å². The van der Waals surface area contributed by atoms with Gasteiger partial charge >= 0.3 is 5.97 Å². The maximum Gasteiger partial charge on any atom is 0.303 e. The van der Waals surface area contributed by atoms with Gasteiger partial charge in [0.25, 0.3) is 0 Å². The van der Waals surface area contributed by atoms with Gasteiger partial charge in [-0.25, -0.2) is 0 Å². The number of rotatable bonds is 3. The number of phenolic OH excluding ortho intramolecular Hbond substituents is 1. The zero-order chi connectivity index (χ0) is 11.5. The summed E-state index contributed by atoms with van der Waals surface area (Å²) in [6.45, 7) is 0. The molecule has 0 fully saturated rings. The number of carboxylic acid groups (broad SMARTS) is 1. The van der Waals surface area contributed by atoms with E-state index < -0.39 is 5.97 Å². The molecule has 0 radical (unpaired) electrons. The molecule has 0 saturated heterocycles. The number of hydrogen-bond donors (Lipinski definition) is 2. The van der Waals surface area contributed by atoms with Crippen molar-refractivity contribution in [3.8, 4) is 5.75 Å². The van der Waals surface area contributed by atoms with Crippen LogP contribution in [-0.4, -0.2) is 16.2 Å². The molecule has 3 nitrogen and oxygen atoms in total. The van der Waals surface area contributed by atoms with Crippen LogP contribution in [-0.2, 0) is 11.2 Å². The Morgan fingerprint density at radius 1 is 1.12 bits per heavy atom. The molecule has 82 valence electrons. The largest absolute Gasteiger partial charge is 0.508 e. The maximum absolute atomic E-state index is 10.5. The Balaban J connectivity index is 2.48. The Labute approximate surface area is 93.0 Å². The highest BCUT2D eigenvalue weighted by atomic mass is 16.4. The van der Waals surface area contributed by atoms with Gasteiger partial charge in [-0.05, 0) is 23.3 Å². The van der Waals surface area contributed by atoms with Crippen molar-refractivity contribution in [2.45, 2.75) is 12.8 Å². The van der Waals surface area contributed by atoms with E-state index in [1.807, 2.05) is 30.3 Å². The van der Waals surface area contributed by atoms with Crippen molar-refractivity contribution >= 4 is 16.7 Å². The van der Waals surface area contributed by atoms with E-state index in [-0.39, 0.29) is 12.2 Å². The van der Waals surface area contributed by atoms with Crippen LogP contribution >= 0.6 is 0 Å². The third kappa shape index (κ3) is 1.98. The summed E-state index contributed by atoms with van der Waals surface area (Å²) < 4.78 is 0. The Kier molecular flexibility index (Phi) is 2.77. The van der Waals surface area contributed by atoms with E-state index in [0.29, 0.717) is 12.0 Å². The molecule has 0 spiro atoms. The number of carbonyl (C=O) groups is 1. The van der Waals surface area contributed by atoms with Crippen molar-refractivity contribution in [2.24, 2.45) is 0 Å². The number of aliphatic carboxylic acids is 1. The highest BCUT2D eigenvalue weighted by molar-refractivity contribution is 5.88. The maximum atomic E-state index is 10.5. The Bertz CT molecular complexity index is 532. The van der Waals surface area contributed by atoms with Crippen LogP contribution in [0.25, 0.3) is 10.8 Å². The Hall–Kier alpha value is -2.03. The van der Waals surface area contributed by atoms with Crippen LogP contribution in [0.4, 0.5) is 0 Å². The zero-order valence-corrected chi connectivity index (χ0v) is 8.68. The lowest BCUT2D eigenvalue weighted by Gasteiger charge is -2.07. The zero-order valence-electron chi connectivity index (χ0n) is 8.68. The third-order valence-electron chi connectivity index (χ3n) is 2.60. The smallest absolute Gasteiger partial charge is 0.303 e. The van der Waals surface area contributed by atoms with Gasteiger partial charge in [-0.3, -0.25) is 4.79 Å². The van der Waals surface area contributed by atoms with Crippen LogP contribution in [0.5, 0.6) is 5.75 Å². The van der Waals surface area contributed by atoms with Crippen molar-refractivity contribution in [1.29, 1.82) is 0 Å². The summed E-state index contributed by atoms with van der Waals surface area (Å²) in [6, 6.07) is 11.1. The molecule has 2 rings (SSSR count). The molecule has 0 atom stereocenters. The van der Waals surface area contributed by atoms with Gasteiger partial charge < -0.3 is 10.2 Å². The standard InChI is InChI=1S/C13H12O3/c14-12-7-5-9-3-1-2-4-10(9)11(12)6-8-13(15)16/h1-5,7,14H,6,8H2,(H,15,16). The van der Waals surface area contributed by atoms with Crippen molar-refractivity contribution in [1.82, 2.24) is 0 Å². The predicted molar refractivity (Wildman–Crippen MR) is 61.6 cm³/mol. The molecule has 0 saturated carbocycles. The summed E-state index contributed by atoms with van der Waals surface area (Å²) in [7, 11) is 0. The third-order valence-corrected chi connectivity index (χ3v) is 2.60. The lowest BCUT2D eigenvalue weighted by atomic mass is 10.00. The Morgan fingerprint density at radius 2 is 1.88 bits per heavy atom. The van der Waals surface area contributed by atoms with Gasteiger partial charge in [-0.15, -0.1) is 0 Å². The molecule has 0 aliphatic rings. The second-order valence-corrected chi connectivity index (χ2v) is 3.68. The lowest BCUT2D eigenvalue weighted by Crippen LogP contribution is -1.98. The summed E-state index contributed by atoms with van der Waals surface area (Å²) in [5.41, 5.74) is 0.709. The molecule has 0 aliphatic heterocycles. The van der Waals surface area contributed by atoms with Gasteiger partial charge in [-0.1, -0.05) is 30.3 Å². The minimum Gasteiger partial charge on any atom is -0.508 e. The van der Waals surface area contributed by atoms with Crippen LogP contribution in [0.15, 0.2) is 36.4 Å². The monoisotopic (exact) mass is 216 g/mol. The molecule has 0 aliphatic carbocycles. The summed E-state index contributed by atoms with van der Waals surface area (Å²) >= 11 is 0. The van der Waals surface area contributed by atoms with E-state index in [2.05, 4.69) is 0 Å². The summed E-state index contributed by atoms with van der Waals surface area (Å²) in [5.74, 6) is -0.688. The first-order valence-electron chi connectivity index (χ1n) is 5.10.